The van der Waals surface area contributed by atoms with Crippen molar-refractivity contribution in [2.75, 3.05) is 6.61 Å². The summed E-state index contributed by atoms with van der Waals surface area (Å²) in [6.07, 6.45) is 1.28. The number of hydrogen-bond donors (Lipinski definition) is 0. The van der Waals surface area contributed by atoms with Gasteiger partial charge in [0, 0.05) is 23.6 Å². The van der Waals surface area contributed by atoms with Gasteiger partial charge in [0.15, 0.2) is 17.1 Å². The molecule has 0 radical (unpaired) electrons. The lowest BCUT2D eigenvalue weighted by Crippen LogP contribution is -2.21. The van der Waals surface area contributed by atoms with Crippen LogP contribution in [0.3, 0.4) is 0 Å². The monoisotopic (exact) mass is 413 g/mol. The van der Waals surface area contributed by atoms with E-state index in [1.165, 1.54) is 18.2 Å². The number of aromatic nitrogens is 1. The number of rotatable bonds is 8. The van der Waals surface area contributed by atoms with Gasteiger partial charge in [-0.15, -0.1) is 0 Å². The number of hydrogen-bond acceptors (Lipinski definition) is 4. The molecule has 5 nitrogen and oxygen atoms in total. The molecule has 3 rings (SSSR count). The van der Waals surface area contributed by atoms with Crippen LogP contribution in [0, 0.1) is 11.6 Å². The van der Waals surface area contributed by atoms with Crippen LogP contribution in [0.15, 0.2) is 47.3 Å². The van der Waals surface area contributed by atoms with Gasteiger partial charge in [-0.25, -0.2) is 8.78 Å². The van der Waals surface area contributed by atoms with E-state index in [4.69, 9.17) is 4.74 Å². The number of aldehydes is 1. The predicted octanol–water partition coefficient (Wildman–Crippen LogP) is 3.37. The topological polar surface area (TPSA) is 65.4 Å². The van der Waals surface area contributed by atoms with E-state index >= 15 is 0 Å². The van der Waals surface area contributed by atoms with Crippen LogP contribution < -0.4 is 5.43 Å². The Hall–Kier alpha value is -3.35. The maximum atomic E-state index is 14.0. The Morgan fingerprint density at radius 3 is 2.67 bits per heavy atom. The summed E-state index contributed by atoms with van der Waals surface area (Å²) >= 11 is 0. The van der Waals surface area contributed by atoms with Crippen molar-refractivity contribution in [2.45, 2.75) is 32.7 Å². The minimum Gasteiger partial charge on any atom is -0.465 e. The van der Waals surface area contributed by atoms with Crippen LogP contribution in [0.4, 0.5) is 8.78 Å². The van der Waals surface area contributed by atoms with Crippen LogP contribution in [0.5, 0.6) is 0 Å². The highest BCUT2D eigenvalue weighted by atomic mass is 19.2. The molecule has 0 aliphatic carbocycles. The van der Waals surface area contributed by atoms with Gasteiger partial charge in [-0.2, -0.15) is 0 Å². The first kappa shape index (κ1) is 21.4. The molecule has 0 N–H and O–H groups in total. The van der Waals surface area contributed by atoms with E-state index in [2.05, 4.69) is 0 Å². The molecule has 0 atom stereocenters. The molecule has 0 bridgehead atoms. The Balaban J connectivity index is 2.08. The highest BCUT2D eigenvalue weighted by molar-refractivity contribution is 5.82. The van der Waals surface area contributed by atoms with Gasteiger partial charge in [0.25, 0.3) is 0 Å². The largest absolute Gasteiger partial charge is 0.465 e. The van der Waals surface area contributed by atoms with Gasteiger partial charge in [0.1, 0.15) is 12.8 Å². The number of carbonyl (C=O) groups excluding carboxylic acids is 2. The van der Waals surface area contributed by atoms with Gasteiger partial charge >= 0.3 is 5.97 Å². The zero-order valence-corrected chi connectivity index (χ0v) is 16.5. The Morgan fingerprint density at radius 1 is 1.13 bits per heavy atom. The van der Waals surface area contributed by atoms with Crippen molar-refractivity contribution in [3.63, 3.8) is 0 Å². The van der Waals surface area contributed by atoms with Crippen molar-refractivity contribution >= 4 is 23.2 Å². The van der Waals surface area contributed by atoms with Gasteiger partial charge < -0.3 is 14.1 Å². The van der Waals surface area contributed by atoms with Crippen molar-refractivity contribution in [3.8, 4) is 0 Å². The number of carbonyl (C=O) groups is 2. The molecule has 0 unspecified atom stereocenters. The summed E-state index contributed by atoms with van der Waals surface area (Å²) in [6.45, 7) is 1.75. The third-order valence-electron chi connectivity index (χ3n) is 4.86. The molecule has 1 aromatic heterocycles. The molecule has 0 saturated heterocycles. The first-order valence-electron chi connectivity index (χ1n) is 9.62. The van der Waals surface area contributed by atoms with Crippen LogP contribution in [-0.4, -0.2) is 23.4 Å². The second kappa shape index (κ2) is 9.43. The van der Waals surface area contributed by atoms with E-state index in [-0.39, 0.29) is 43.4 Å². The fourth-order valence-electron chi connectivity index (χ4n) is 3.43. The smallest absolute Gasteiger partial charge is 0.325 e. The Bertz CT molecular complexity index is 1150. The predicted molar refractivity (Wildman–Crippen MR) is 108 cm³/mol. The molecule has 0 amide bonds. The molecular weight excluding hydrogens is 392 g/mol. The average molecular weight is 413 g/mol. The summed E-state index contributed by atoms with van der Waals surface area (Å²) in [5.74, 6) is -2.35. The van der Waals surface area contributed by atoms with E-state index < -0.39 is 17.6 Å². The third kappa shape index (κ3) is 4.62. The van der Waals surface area contributed by atoms with Crippen LogP contribution >= 0.6 is 0 Å². The number of esters is 1. The van der Waals surface area contributed by atoms with Crippen LogP contribution in [0.1, 0.15) is 23.7 Å². The standard InChI is InChI=1S/C23H21F2NO4/c1-2-30-22(29)14-26-17(8-7-16-4-3-5-19(24)23(16)25)13-21(28)18-9-6-15(10-11-27)12-20(18)26/h3-6,9,11-13H,2,7-8,10,14H2,1H3. The van der Waals surface area contributed by atoms with Gasteiger partial charge in [0.05, 0.1) is 12.1 Å². The second-order valence-corrected chi connectivity index (χ2v) is 6.83. The lowest BCUT2D eigenvalue weighted by molar-refractivity contribution is -0.143. The summed E-state index contributed by atoms with van der Waals surface area (Å²) in [4.78, 5) is 35.7. The summed E-state index contributed by atoms with van der Waals surface area (Å²) < 4.78 is 34.2. The number of halogens is 2. The van der Waals surface area contributed by atoms with Gasteiger partial charge in [-0.1, -0.05) is 18.2 Å². The quantitative estimate of drug-likeness (QED) is 0.420. The normalized spacial score (nSPS) is 10.9. The lowest BCUT2D eigenvalue weighted by atomic mass is 10.0. The van der Waals surface area contributed by atoms with Crippen molar-refractivity contribution in [2.24, 2.45) is 0 Å². The number of nitrogens with zero attached hydrogens (tertiary/aromatic N) is 1. The number of aryl methyl sites for hydroxylation is 2. The van der Waals surface area contributed by atoms with Crippen molar-refractivity contribution in [3.05, 3.63) is 81.1 Å². The van der Waals surface area contributed by atoms with Crippen molar-refractivity contribution in [1.82, 2.24) is 4.57 Å². The summed E-state index contributed by atoms with van der Waals surface area (Å²) in [7, 11) is 0. The van der Waals surface area contributed by atoms with Crippen LogP contribution in [0.25, 0.3) is 10.9 Å². The van der Waals surface area contributed by atoms with E-state index in [0.29, 0.717) is 22.2 Å². The molecule has 156 valence electrons. The molecule has 30 heavy (non-hydrogen) atoms. The molecule has 0 fully saturated rings. The maximum absolute atomic E-state index is 14.0. The van der Waals surface area contributed by atoms with E-state index in [1.54, 1.807) is 29.7 Å². The number of benzene rings is 2. The maximum Gasteiger partial charge on any atom is 0.325 e. The van der Waals surface area contributed by atoms with E-state index in [0.717, 1.165) is 12.4 Å². The minimum absolute atomic E-state index is 0.143. The Morgan fingerprint density at radius 2 is 1.93 bits per heavy atom. The first-order valence-corrected chi connectivity index (χ1v) is 9.62. The zero-order chi connectivity index (χ0) is 21.7. The van der Waals surface area contributed by atoms with Gasteiger partial charge in [0.2, 0.25) is 0 Å². The fraction of sp³-hybridized carbons (Fsp3) is 0.261. The zero-order valence-electron chi connectivity index (χ0n) is 16.5. The Labute approximate surface area is 171 Å². The number of fused-ring (bicyclic) bond motifs is 1. The highest BCUT2D eigenvalue weighted by Gasteiger charge is 2.15. The minimum atomic E-state index is -0.937. The highest BCUT2D eigenvalue weighted by Crippen LogP contribution is 2.19. The molecule has 0 aliphatic heterocycles. The van der Waals surface area contributed by atoms with Crippen LogP contribution in [-0.2, 0) is 40.1 Å². The molecule has 1 heterocycles. The fourth-order valence-corrected chi connectivity index (χ4v) is 3.43. The number of ether oxygens (including phenoxy) is 1. The Kier molecular flexibility index (Phi) is 6.72. The van der Waals surface area contributed by atoms with Gasteiger partial charge in [-0.3, -0.25) is 9.59 Å². The molecule has 0 saturated carbocycles. The average Bonchev–Trinajstić information content (AvgIpc) is 2.72. The van der Waals surface area contributed by atoms with Crippen molar-refractivity contribution in [1.29, 1.82) is 0 Å². The van der Waals surface area contributed by atoms with Crippen molar-refractivity contribution < 1.29 is 23.1 Å². The van der Waals surface area contributed by atoms with Crippen LogP contribution in [0.2, 0.25) is 0 Å². The summed E-state index contributed by atoms with van der Waals surface area (Å²) in [6, 6.07) is 10.3. The summed E-state index contributed by atoms with van der Waals surface area (Å²) in [5, 5.41) is 0.398. The molecule has 2 aromatic carbocycles. The summed E-state index contributed by atoms with van der Waals surface area (Å²) in [5.41, 5.74) is 1.61. The SMILES string of the molecule is CCOC(=O)Cn1c(CCc2cccc(F)c2F)cc(=O)c2ccc(CC=O)cc21. The lowest BCUT2D eigenvalue weighted by Gasteiger charge is -2.17. The molecule has 7 heteroatoms. The number of pyridine rings is 1. The molecule has 3 aromatic rings. The molecule has 0 spiro atoms. The van der Waals surface area contributed by atoms with Gasteiger partial charge in [-0.05, 0) is 49.1 Å². The van der Waals surface area contributed by atoms with E-state index in [9.17, 15) is 23.2 Å². The van der Waals surface area contributed by atoms with E-state index in [1.807, 2.05) is 0 Å². The first-order chi connectivity index (χ1) is 14.4. The molecule has 0 aliphatic rings. The second-order valence-electron chi connectivity index (χ2n) is 6.83. The molecular formula is C23H21F2NO4. The third-order valence-corrected chi connectivity index (χ3v) is 4.86.